The van der Waals surface area contributed by atoms with Crippen molar-refractivity contribution in [1.29, 1.82) is 0 Å². The summed E-state index contributed by atoms with van der Waals surface area (Å²) in [6.45, 7) is 1.95. The highest BCUT2D eigenvalue weighted by Crippen LogP contribution is 2.28. The van der Waals surface area contributed by atoms with Crippen LogP contribution < -0.4 is 4.90 Å². The van der Waals surface area contributed by atoms with Crippen LogP contribution in [0, 0.1) is 0 Å². The van der Waals surface area contributed by atoms with E-state index in [1.807, 2.05) is 18.7 Å². The smallest absolute Gasteiger partial charge is 0.182 e. The number of aromatic nitrogens is 6. The van der Waals surface area contributed by atoms with Gasteiger partial charge < -0.3 is 14.5 Å². The molecule has 0 amide bonds. The van der Waals surface area contributed by atoms with Crippen LogP contribution in [-0.2, 0) is 6.54 Å². The first-order chi connectivity index (χ1) is 9.92. The number of anilines is 1. The molecule has 0 aromatic carbocycles. The van der Waals surface area contributed by atoms with Gasteiger partial charge in [0.2, 0.25) is 0 Å². The minimum atomic E-state index is 0.436. The molecule has 102 valence electrons. The second-order valence-corrected chi connectivity index (χ2v) is 5.05. The maximum absolute atomic E-state index is 4.46. The standard InChI is InChI=1S/C13H15N7/c1-2-10(6-19-5-3-14-9-19)20(4-1)13-11-12(16-7-15-11)17-8-18-13/h3,5,7-10H,1-2,4,6H2,(H,15,16,17,18). The predicted molar refractivity (Wildman–Crippen MR) is 74.3 cm³/mol. The quantitative estimate of drug-likeness (QED) is 0.773. The molecule has 1 saturated heterocycles. The van der Waals surface area contributed by atoms with Crippen LogP contribution in [0.15, 0.2) is 31.4 Å². The van der Waals surface area contributed by atoms with Gasteiger partial charge in [-0.3, -0.25) is 0 Å². The van der Waals surface area contributed by atoms with Crippen molar-refractivity contribution in [2.24, 2.45) is 0 Å². The van der Waals surface area contributed by atoms with E-state index in [4.69, 9.17) is 0 Å². The third kappa shape index (κ3) is 1.82. The molecule has 20 heavy (non-hydrogen) atoms. The van der Waals surface area contributed by atoms with Crippen LogP contribution in [0.3, 0.4) is 0 Å². The van der Waals surface area contributed by atoms with E-state index in [1.165, 1.54) is 6.42 Å². The maximum atomic E-state index is 4.46. The fourth-order valence-electron chi connectivity index (χ4n) is 2.91. The third-order valence-electron chi connectivity index (χ3n) is 3.83. The Morgan fingerprint density at radius 1 is 1.30 bits per heavy atom. The van der Waals surface area contributed by atoms with Crippen LogP contribution in [0.4, 0.5) is 5.82 Å². The predicted octanol–water partition coefficient (Wildman–Crippen LogP) is 1.22. The Hall–Kier alpha value is -2.44. The summed E-state index contributed by atoms with van der Waals surface area (Å²) in [5.74, 6) is 0.954. The number of imidazole rings is 2. The van der Waals surface area contributed by atoms with E-state index < -0.39 is 0 Å². The van der Waals surface area contributed by atoms with E-state index >= 15 is 0 Å². The molecule has 7 nitrogen and oxygen atoms in total. The number of aromatic amines is 1. The molecule has 1 N–H and O–H groups in total. The molecule has 0 spiro atoms. The summed E-state index contributed by atoms with van der Waals surface area (Å²) in [6, 6.07) is 0.436. The van der Waals surface area contributed by atoms with Crippen molar-refractivity contribution in [3.63, 3.8) is 0 Å². The van der Waals surface area contributed by atoms with Crippen LogP contribution in [0.5, 0.6) is 0 Å². The zero-order valence-corrected chi connectivity index (χ0v) is 11.0. The van der Waals surface area contributed by atoms with Crippen molar-refractivity contribution in [2.45, 2.75) is 25.4 Å². The lowest BCUT2D eigenvalue weighted by molar-refractivity contribution is 0.547. The molecule has 0 aliphatic carbocycles. The van der Waals surface area contributed by atoms with Gasteiger partial charge in [0.25, 0.3) is 0 Å². The lowest BCUT2D eigenvalue weighted by Gasteiger charge is -2.26. The molecular weight excluding hydrogens is 254 g/mol. The number of fused-ring (bicyclic) bond motifs is 1. The summed E-state index contributed by atoms with van der Waals surface area (Å²) >= 11 is 0. The Morgan fingerprint density at radius 2 is 2.30 bits per heavy atom. The van der Waals surface area contributed by atoms with Gasteiger partial charge in [0, 0.05) is 31.5 Å². The van der Waals surface area contributed by atoms with Gasteiger partial charge in [-0.1, -0.05) is 0 Å². The number of H-pyrrole nitrogens is 1. The van der Waals surface area contributed by atoms with Crippen molar-refractivity contribution < 1.29 is 0 Å². The Balaban J connectivity index is 1.68. The van der Waals surface area contributed by atoms with Gasteiger partial charge in [0.15, 0.2) is 11.5 Å². The Labute approximate surface area is 115 Å². The van der Waals surface area contributed by atoms with Crippen LogP contribution in [0.2, 0.25) is 0 Å². The van der Waals surface area contributed by atoms with Gasteiger partial charge in [0.05, 0.1) is 12.7 Å². The summed E-state index contributed by atoms with van der Waals surface area (Å²) in [6.07, 6.45) is 11.3. The second-order valence-electron chi connectivity index (χ2n) is 5.05. The lowest BCUT2D eigenvalue weighted by Crippen LogP contribution is -2.33. The Morgan fingerprint density at radius 3 is 3.20 bits per heavy atom. The van der Waals surface area contributed by atoms with Gasteiger partial charge in [-0.25, -0.2) is 19.9 Å². The summed E-state index contributed by atoms with van der Waals surface area (Å²) in [4.78, 5) is 22.4. The molecule has 1 aliphatic rings. The lowest BCUT2D eigenvalue weighted by atomic mass is 10.2. The first-order valence-electron chi connectivity index (χ1n) is 6.78. The van der Waals surface area contributed by atoms with E-state index in [0.717, 1.165) is 36.5 Å². The molecule has 4 heterocycles. The molecule has 0 saturated carbocycles. The molecule has 7 heteroatoms. The monoisotopic (exact) mass is 269 g/mol. The molecule has 4 rings (SSSR count). The van der Waals surface area contributed by atoms with Crippen molar-refractivity contribution in [3.8, 4) is 0 Å². The molecule has 1 unspecified atom stereocenters. The zero-order chi connectivity index (χ0) is 13.4. The van der Waals surface area contributed by atoms with Crippen molar-refractivity contribution in [1.82, 2.24) is 29.5 Å². The van der Waals surface area contributed by atoms with Crippen molar-refractivity contribution in [2.75, 3.05) is 11.4 Å². The molecule has 1 fully saturated rings. The normalized spacial score (nSPS) is 19.0. The molecule has 0 bridgehead atoms. The zero-order valence-electron chi connectivity index (χ0n) is 11.0. The van der Waals surface area contributed by atoms with E-state index in [0.29, 0.717) is 6.04 Å². The van der Waals surface area contributed by atoms with Crippen LogP contribution in [-0.4, -0.2) is 42.1 Å². The average Bonchev–Trinajstić information content (AvgIpc) is 3.19. The SMILES string of the molecule is c1cn(CC2CCCN2c2ncnc3nc[nH]c23)cn1. The summed E-state index contributed by atoms with van der Waals surface area (Å²) in [5.41, 5.74) is 1.65. The number of nitrogens with zero attached hydrogens (tertiary/aromatic N) is 6. The summed E-state index contributed by atoms with van der Waals surface area (Å²) in [5, 5.41) is 0. The molecule has 3 aromatic rings. The van der Waals surface area contributed by atoms with Gasteiger partial charge >= 0.3 is 0 Å². The first-order valence-corrected chi connectivity index (χ1v) is 6.78. The minimum Gasteiger partial charge on any atom is -0.350 e. The summed E-state index contributed by atoms with van der Waals surface area (Å²) in [7, 11) is 0. The molecule has 1 aliphatic heterocycles. The van der Waals surface area contributed by atoms with E-state index in [1.54, 1.807) is 12.7 Å². The van der Waals surface area contributed by atoms with Gasteiger partial charge in [0.1, 0.15) is 11.8 Å². The summed E-state index contributed by atoms with van der Waals surface area (Å²) < 4.78 is 2.12. The molecular formula is C13H15N7. The van der Waals surface area contributed by atoms with E-state index in [9.17, 15) is 0 Å². The third-order valence-corrected chi connectivity index (χ3v) is 3.83. The second kappa shape index (κ2) is 4.59. The van der Waals surface area contributed by atoms with Gasteiger partial charge in [-0.15, -0.1) is 0 Å². The molecule has 1 atom stereocenters. The van der Waals surface area contributed by atoms with E-state index in [-0.39, 0.29) is 0 Å². The number of hydrogen-bond donors (Lipinski definition) is 1. The number of nitrogens with one attached hydrogen (secondary N) is 1. The topological polar surface area (TPSA) is 75.5 Å². The van der Waals surface area contributed by atoms with Crippen molar-refractivity contribution >= 4 is 17.0 Å². The van der Waals surface area contributed by atoms with Crippen LogP contribution >= 0.6 is 0 Å². The molecule has 0 radical (unpaired) electrons. The van der Waals surface area contributed by atoms with Gasteiger partial charge in [-0.2, -0.15) is 0 Å². The Kier molecular flexibility index (Phi) is 2.61. The number of hydrogen-bond acceptors (Lipinski definition) is 5. The van der Waals surface area contributed by atoms with Crippen LogP contribution in [0.25, 0.3) is 11.2 Å². The van der Waals surface area contributed by atoms with Crippen LogP contribution in [0.1, 0.15) is 12.8 Å². The first kappa shape index (κ1) is 11.4. The van der Waals surface area contributed by atoms with E-state index in [2.05, 4.69) is 34.4 Å². The highest BCUT2D eigenvalue weighted by molar-refractivity contribution is 5.82. The van der Waals surface area contributed by atoms with Crippen molar-refractivity contribution in [3.05, 3.63) is 31.4 Å². The highest BCUT2D eigenvalue weighted by atomic mass is 15.3. The Bertz CT molecular complexity index is 702. The highest BCUT2D eigenvalue weighted by Gasteiger charge is 2.27. The fraction of sp³-hybridized carbons (Fsp3) is 0.385. The largest absolute Gasteiger partial charge is 0.350 e. The minimum absolute atomic E-state index is 0.436. The average molecular weight is 269 g/mol. The maximum Gasteiger partial charge on any atom is 0.182 e. The van der Waals surface area contributed by atoms with Gasteiger partial charge in [-0.05, 0) is 12.8 Å². The molecule has 3 aromatic heterocycles. The number of rotatable bonds is 3. The fourth-order valence-corrected chi connectivity index (χ4v) is 2.91.